The van der Waals surface area contributed by atoms with Crippen molar-refractivity contribution in [2.75, 3.05) is 26.7 Å². The van der Waals surface area contributed by atoms with Crippen LogP contribution in [0.1, 0.15) is 25.3 Å². The Morgan fingerprint density at radius 2 is 1.84 bits per heavy atom. The highest BCUT2D eigenvalue weighted by atomic mass is 35.5. The van der Waals surface area contributed by atoms with E-state index in [0.717, 1.165) is 38.0 Å². The lowest BCUT2D eigenvalue weighted by Gasteiger charge is -2.11. The van der Waals surface area contributed by atoms with Crippen LogP contribution in [0.5, 0.6) is 5.75 Å². The number of halogens is 2. The molecule has 1 rings (SSSR count). The molecule has 1 aromatic carbocycles. The summed E-state index contributed by atoms with van der Waals surface area (Å²) in [6, 6.07) is 3.81. The van der Waals surface area contributed by atoms with E-state index in [1.807, 2.05) is 26.1 Å². The van der Waals surface area contributed by atoms with Crippen LogP contribution in [0.25, 0.3) is 0 Å². The Labute approximate surface area is 125 Å². The topological polar surface area (TPSA) is 33.3 Å². The molecule has 0 aliphatic carbocycles. The van der Waals surface area contributed by atoms with Crippen molar-refractivity contribution in [3.05, 3.63) is 27.7 Å². The Balaban J connectivity index is 2.52. The van der Waals surface area contributed by atoms with Crippen molar-refractivity contribution in [1.82, 2.24) is 10.6 Å². The number of ether oxygens (including phenoxy) is 1. The maximum absolute atomic E-state index is 6.19. The van der Waals surface area contributed by atoms with Gasteiger partial charge in [-0.25, -0.2) is 0 Å². The average Bonchev–Trinajstić information content (AvgIpc) is 2.38. The Kier molecular flexibility index (Phi) is 8.22. The Hall–Kier alpha value is -0.480. The molecular weight excluding hydrogens is 283 g/mol. The Bertz CT molecular complexity index is 363. The first-order valence-electron chi connectivity index (χ1n) is 6.65. The molecule has 0 aromatic heterocycles. The van der Waals surface area contributed by atoms with Crippen molar-refractivity contribution in [2.45, 2.75) is 26.3 Å². The first-order valence-corrected chi connectivity index (χ1v) is 7.40. The second kappa shape index (κ2) is 9.43. The van der Waals surface area contributed by atoms with Gasteiger partial charge in [-0.3, -0.25) is 0 Å². The lowest BCUT2D eigenvalue weighted by atomic mass is 10.2. The van der Waals surface area contributed by atoms with Gasteiger partial charge in [-0.2, -0.15) is 0 Å². The molecule has 0 fully saturated rings. The molecule has 0 heterocycles. The second-order valence-corrected chi connectivity index (χ2v) is 5.19. The van der Waals surface area contributed by atoms with Gasteiger partial charge in [0.25, 0.3) is 0 Å². The maximum Gasteiger partial charge on any atom is 0.156 e. The summed E-state index contributed by atoms with van der Waals surface area (Å²) in [5, 5.41) is 7.62. The molecule has 108 valence electrons. The standard InChI is InChI=1S/C14H22Cl2N2O/c1-3-7-19-14-12(15)8-11(9-13(14)16)10-18-6-4-5-17-2/h8-9,17-18H,3-7,10H2,1-2H3. The summed E-state index contributed by atoms with van der Waals surface area (Å²) in [6.07, 6.45) is 2.02. The van der Waals surface area contributed by atoms with Gasteiger partial charge in [-0.05, 0) is 50.7 Å². The fourth-order valence-electron chi connectivity index (χ4n) is 1.68. The van der Waals surface area contributed by atoms with E-state index < -0.39 is 0 Å². The summed E-state index contributed by atoms with van der Waals surface area (Å²) in [4.78, 5) is 0. The van der Waals surface area contributed by atoms with Gasteiger partial charge >= 0.3 is 0 Å². The molecule has 0 saturated heterocycles. The monoisotopic (exact) mass is 304 g/mol. The van der Waals surface area contributed by atoms with Gasteiger partial charge in [-0.1, -0.05) is 30.1 Å². The van der Waals surface area contributed by atoms with E-state index in [-0.39, 0.29) is 0 Å². The normalized spacial score (nSPS) is 10.7. The number of benzene rings is 1. The third kappa shape index (κ3) is 6.00. The van der Waals surface area contributed by atoms with Crippen LogP contribution in [-0.4, -0.2) is 26.7 Å². The number of rotatable bonds is 9. The zero-order chi connectivity index (χ0) is 14.1. The minimum absolute atomic E-state index is 0.577. The molecule has 0 bridgehead atoms. The molecule has 3 nitrogen and oxygen atoms in total. The van der Waals surface area contributed by atoms with Crippen LogP contribution < -0.4 is 15.4 Å². The average molecular weight is 305 g/mol. The lowest BCUT2D eigenvalue weighted by molar-refractivity contribution is 0.317. The molecule has 19 heavy (non-hydrogen) atoms. The maximum atomic E-state index is 6.19. The fourth-order valence-corrected chi connectivity index (χ4v) is 2.32. The van der Waals surface area contributed by atoms with E-state index in [4.69, 9.17) is 27.9 Å². The minimum atomic E-state index is 0.577. The molecular formula is C14H22Cl2N2O. The van der Waals surface area contributed by atoms with E-state index in [2.05, 4.69) is 10.6 Å². The molecule has 0 atom stereocenters. The van der Waals surface area contributed by atoms with Crippen molar-refractivity contribution in [3.8, 4) is 5.75 Å². The number of hydrogen-bond donors (Lipinski definition) is 2. The van der Waals surface area contributed by atoms with Crippen molar-refractivity contribution >= 4 is 23.2 Å². The molecule has 2 N–H and O–H groups in total. The lowest BCUT2D eigenvalue weighted by Crippen LogP contribution is -2.19. The summed E-state index contributed by atoms with van der Waals surface area (Å²) in [5.74, 6) is 0.587. The summed E-state index contributed by atoms with van der Waals surface area (Å²) in [6.45, 7) is 5.41. The van der Waals surface area contributed by atoms with Crippen LogP contribution in [0, 0.1) is 0 Å². The van der Waals surface area contributed by atoms with Gasteiger partial charge in [0, 0.05) is 6.54 Å². The first-order chi connectivity index (χ1) is 9.19. The van der Waals surface area contributed by atoms with Crippen molar-refractivity contribution in [1.29, 1.82) is 0 Å². The summed E-state index contributed by atoms with van der Waals surface area (Å²) in [7, 11) is 1.95. The predicted molar refractivity (Wildman–Crippen MR) is 82.5 cm³/mol. The molecule has 0 aliphatic rings. The highest BCUT2D eigenvalue weighted by Crippen LogP contribution is 2.34. The molecule has 0 radical (unpaired) electrons. The summed E-state index contributed by atoms with van der Waals surface area (Å²) < 4.78 is 5.54. The van der Waals surface area contributed by atoms with Crippen molar-refractivity contribution < 1.29 is 4.74 Å². The highest BCUT2D eigenvalue weighted by molar-refractivity contribution is 6.37. The third-order valence-electron chi connectivity index (χ3n) is 2.62. The quantitative estimate of drug-likeness (QED) is 0.685. The van der Waals surface area contributed by atoms with Crippen molar-refractivity contribution in [2.24, 2.45) is 0 Å². The molecule has 0 amide bonds. The minimum Gasteiger partial charge on any atom is -0.490 e. The molecule has 0 aliphatic heterocycles. The summed E-state index contributed by atoms with van der Waals surface area (Å²) >= 11 is 12.4. The zero-order valence-corrected chi connectivity index (χ0v) is 13.1. The van der Waals surface area contributed by atoms with E-state index >= 15 is 0 Å². The largest absolute Gasteiger partial charge is 0.490 e. The smallest absolute Gasteiger partial charge is 0.156 e. The van der Waals surface area contributed by atoms with E-state index in [1.54, 1.807) is 0 Å². The van der Waals surface area contributed by atoms with Crippen LogP contribution in [0.3, 0.4) is 0 Å². The number of hydrogen-bond acceptors (Lipinski definition) is 3. The third-order valence-corrected chi connectivity index (χ3v) is 3.18. The van der Waals surface area contributed by atoms with Crippen LogP contribution in [0.2, 0.25) is 10.0 Å². The van der Waals surface area contributed by atoms with E-state index in [9.17, 15) is 0 Å². The van der Waals surface area contributed by atoms with Gasteiger partial charge in [-0.15, -0.1) is 0 Å². The second-order valence-electron chi connectivity index (χ2n) is 4.37. The first kappa shape index (κ1) is 16.6. The number of nitrogens with one attached hydrogen (secondary N) is 2. The van der Waals surface area contributed by atoms with Gasteiger partial charge in [0.15, 0.2) is 5.75 Å². The molecule has 0 spiro atoms. The predicted octanol–water partition coefficient (Wildman–Crippen LogP) is 3.48. The Morgan fingerprint density at radius 1 is 1.16 bits per heavy atom. The van der Waals surface area contributed by atoms with E-state index in [0.29, 0.717) is 22.4 Å². The fraction of sp³-hybridized carbons (Fsp3) is 0.571. The summed E-state index contributed by atoms with van der Waals surface area (Å²) in [5.41, 5.74) is 1.07. The highest BCUT2D eigenvalue weighted by Gasteiger charge is 2.09. The van der Waals surface area contributed by atoms with Gasteiger partial charge < -0.3 is 15.4 Å². The zero-order valence-electron chi connectivity index (χ0n) is 11.6. The van der Waals surface area contributed by atoms with Gasteiger partial charge in [0.1, 0.15) is 0 Å². The molecule has 1 aromatic rings. The SMILES string of the molecule is CCCOc1c(Cl)cc(CNCCCNC)cc1Cl. The molecule has 0 saturated carbocycles. The van der Waals surface area contributed by atoms with Gasteiger partial charge in [0.2, 0.25) is 0 Å². The van der Waals surface area contributed by atoms with Gasteiger partial charge in [0.05, 0.1) is 16.7 Å². The van der Waals surface area contributed by atoms with Crippen LogP contribution in [0.15, 0.2) is 12.1 Å². The van der Waals surface area contributed by atoms with Crippen LogP contribution in [-0.2, 0) is 6.54 Å². The van der Waals surface area contributed by atoms with E-state index in [1.165, 1.54) is 0 Å². The van der Waals surface area contributed by atoms with Crippen molar-refractivity contribution in [3.63, 3.8) is 0 Å². The van der Waals surface area contributed by atoms with Crippen LogP contribution >= 0.6 is 23.2 Å². The van der Waals surface area contributed by atoms with Crippen LogP contribution in [0.4, 0.5) is 0 Å². The molecule has 5 heteroatoms. The Morgan fingerprint density at radius 3 is 2.42 bits per heavy atom. The molecule has 0 unspecified atom stereocenters.